The maximum atomic E-state index is 15.3. The lowest BCUT2D eigenvalue weighted by Crippen LogP contribution is -2.75. The van der Waals surface area contributed by atoms with Gasteiger partial charge in [0.1, 0.15) is 51.5 Å². The van der Waals surface area contributed by atoms with E-state index in [0.717, 1.165) is 53.8 Å². The second-order valence-electron chi connectivity index (χ2n) is 8.06. The van der Waals surface area contributed by atoms with Crippen molar-refractivity contribution in [3.05, 3.63) is 71.8 Å². The van der Waals surface area contributed by atoms with Crippen LogP contribution in [0.4, 0.5) is 4.39 Å². The van der Waals surface area contributed by atoms with Gasteiger partial charge in [-0.3, -0.25) is 4.48 Å². The standard InChI is InChI=1S/C22H28ClFN2/c23-18-25-11-14-26(15-12-25,16-13-25)22(20-9-5-2-6-10-20)17-21(24)19-7-3-1-4-8-19/h1-10,21-22H,11-18H2/q+2/t21-,22?,25?,26?/m0/s1. The SMILES string of the molecule is F[C@@H](CC(c1ccccc1)[N+]12CC[N+](CCl)(CC1)CC2)c1ccccc1. The number of piperazine rings is 3. The van der Waals surface area contributed by atoms with Crippen molar-refractivity contribution < 1.29 is 13.4 Å². The summed E-state index contributed by atoms with van der Waals surface area (Å²) in [5.41, 5.74) is 2.07. The summed E-state index contributed by atoms with van der Waals surface area (Å²) >= 11 is 6.27. The van der Waals surface area contributed by atoms with Gasteiger partial charge in [0.15, 0.2) is 6.00 Å². The van der Waals surface area contributed by atoms with E-state index in [1.54, 1.807) is 0 Å². The minimum atomic E-state index is -0.926. The summed E-state index contributed by atoms with van der Waals surface area (Å²) in [5.74, 6) is 0. The highest BCUT2D eigenvalue weighted by atomic mass is 35.5. The van der Waals surface area contributed by atoms with Crippen molar-refractivity contribution in [2.24, 2.45) is 0 Å². The smallest absolute Gasteiger partial charge is 0.155 e. The van der Waals surface area contributed by atoms with Crippen LogP contribution in [-0.4, -0.2) is 54.2 Å². The summed E-state index contributed by atoms with van der Waals surface area (Å²) in [6.07, 6.45) is -0.375. The van der Waals surface area contributed by atoms with Crippen molar-refractivity contribution in [2.45, 2.75) is 18.6 Å². The molecule has 2 atom stereocenters. The maximum Gasteiger partial charge on any atom is 0.155 e. The molecule has 5 rings (SSSR count). The van der Waals surface area contributed by atoms with Gasteiger partial charge in [-0.05, 0) is 5.56 Å². The average Bonchev–Trinajstić information content (AvgIpc) is 2.74. The average molecular weight is 375 g/mol. The van der Waals surface area contributed by atoms with Crippen molar-refractivity contribution in [1.29, 1.82) is 0 Å². The molecule has 4 heteroatoms. The molecule has 138 valence electrons. The Kier molecular flexibility index (Phi) is 5.05. The zero-order valence-electron chi connectivity index (χ0n) is 15.2. The first kappa shape index (κ1) is 18.0. The van der Waals surface area contributed by atoms with Crippen LogP contribution in [0.3, 0.4) is 0 Å². The van der Waals surface area contributed by atoms with Gasteiger partial charge in [0.2, 0.25) is 0 Å². The van der Waals surface area contributed by atoms with E-state index >= 15 is 4.39 Å². The van der Waals surface area contributed by atoms with Gasteiger partial charge in [0, 0.05) is 12.0 Å². The fourth-order valence-electron chi connectivity index (χ4n) is 4.90. The molecule has 0 spiro atoms. The molecule has 2 aromatic rings. The molecule has 2 aromatic carbocycles. The molecule has 0 aromatic heterocycles. The Morgan fingerprint density at radius 3 is 1.77 bits per heavy atom. The van der Waals surface area contributed by atoms with Crippen molar-refractivity contribution in [1.82, 2.24) is 0 Å². The summed E-state index contributed by atoms with van der Waals surface area (Å²) in [6, 6.07) is 21.1. The molecule has 26 heavy (non-hydrogen) atoms. The first-order valence-electron chi connectivity index (χ1n) is 9.67. The van der Waals surface area contributed by atoms with E-state index in [1.165, 1.54) is 5.56 Å². The number of fused-ring (bicyclic) bond motifs is 3. The van der Waals surface area contributed by atoms with Crippen LogP contribution in [0, 0.1) is 0 Å². The van der Waals surface area contributed by atoms with Crippen LogP contribution in [0.15, 0.2) is 60.7 Å². The van der Waals surface area contributed by atoms with Gasteiger partial charge in [0.25, 0.3) is 0 Å². The summed E-state index contributed by atoms with van der Waals surface area (Å²) in [7, 11) is 0. The second kappa shape index (κ2) is 7.30. The number of hydrogen-bond donors (Lipinski definition) is 0. The number of alkyl halides is 2. The highest BCUT2D eigenvalue weighted by molar-refractivity contribution is 6.17. The van der Waals surface area contributed by atoms with Gasteiger partial charge in [-0.15, -0.1) is 0 Å². The number of hydrogen-bond acceptors (Lipinski definition) is 0. The Morgan fingerprint density at radius 2 is 1.27 bits per heavy atom. The quantitative estimate of drug-likeness (QED) is 0.391. The van der Waals surface area contributed by atoms with Crippen LogP contribution in [-0.2, 0) is 0 Å². The lowest BCUT2D eigenvalue weighted by Gasteiger charge is -2.57. The Hall–Kier alpha value is -1.42. The molecule has 0 N–H and O–H groups in total. The lowest BCUT2D eigenvalue weighted by molar-refractivity contribution is -1.09. The van der Waals surface area contributed by atoms with E-state index in [1.807, 2.05) is 36.4 Å². The summed E-state index contributed by atoms with van der Waals surface area (Å²) < 4.78 is 17.3. The predicted octanol–water partition coefficient (Wildman–Crippen LogP) is 4.69. The molecule has 2 nitrogen and oxygen atoms in total. The van der Waals surface area contributed by atoms with Gasteiger partial charge in [-0.25, -0.2) is 4.39 Å². The number of nitrogens with zero attached hydrogens (tertiary/aromatic N) is 2. The molecule has 3 saturated heterocycles. The second-order valence-corrected chi connectivity index (χ2v) is 8.30. The van der Waals surface area contributed by atoms with E-state index in [-0.39, 0.29) is 6.04 Å². The van der Waals surface area contributed by atoms with Crippen molar-refractivity contribution in [3.8, 4) is 0 Å². The largest absolute Gasteiger partial charge is 0.303 e. The molecule has 3 aliphatic heterocycles. The van der Waals surface area contributed by atoms with Crippen LogP contribution in [0.25, 0.3) is 0 Å². The van der Waals surface area contributed by atoms with Crippen LogP contribution in [0.1, 0.15) is 29.8 Å². The topological polar surface area (TPSA) is 0 Å². The van der Waals surface area contributed by atoms with E-state index < -0.39 is 6.17 Å². The first-order chi connectivity index (χ1) is 12.7. The molecule has 3 fully saturated rings. The minimum absolute atomic E-state index is 0.212. The number of quaternary nitrogens is 2. The molecular formula is C22H28ClFN2+2. The molecule has 3 aliphatic rings. The van der Waals surface area contributed by atoms with Gasteiger partial charge in [-0.2, -0.15) is 0 Å². The highest BCUT2D eigenvalue weighted by Crippen LogP contribution is 2.42. The van der Waals surface area contributed by atoms with Gasteiger partial charge < -0.3 is 4.48 Å². The maximum absolute atomic E-state index is 15.3. The minimum Gasteiger partial charge on any atom is -0.303 e. The summed E-state index contributed by atoms with van der Waals surface area (Å²) in [6.45, 7) is 6.68. The Bertz CT molecular complexity index is 697. The fourth-order valence-corrected chi connectivity index (χ4v) is 5.26. The molecule has 2 bridgehead atoms. The molecule has 1 unspecified atom stereocenters. The number of rotatable bonds is 6. The van der Waals surface area contributed by atoms with Gasteiger partial charge >= 0.3 is 0 Å². The summed E-state index contributed by atoms with van der Waals surface area (Å²) in [4.78, 5) is 0. The van der Waals surface area contributed by atoms with Gasteiger partial charge in [0.05, 0.1) is 0 Å². The van der Waals surface area contributed by atoms with Crippen molar-refractivity contribution >= 4 is 11.6 Å². The van der Waals surface area contributed by atoms with Crippen LogP contribution >= 0.6 is 11.6 Å². The van der Waals surface area contributed by atoms with Crippen LogP contribution in [0.5, 0.6) is 0 Å². The van der Waals surface area contributed by atoms with E-state index in [0.29, 0.717) is 12.4 Å². The molecule has 0 amide bonds. The van der Waals surface area contributed by atoms with Crippen molar-refractivity contribution in [3.63, 3.8) is 0 Å². The fraction of sp³-hybridized carbons (Fsp3) is 0.455. The first-order valence-corrected chi connectivity index (χ1v) is 10.2. The van der Waals surface area contributed by atoms with Crippen LogP contribution < -0.4 is 0 Å². The monoisotopic (exact) mass is 374 g/mol. The number of benzene rings is 2. The molecule has 0 aliphatic carbocycles. The predicted molar refractivity (Wildman–Crippen MR) is 105 cm³/mol. The lowest BCUT2D eigenvalue weighted by atomic mass is 9.91. The summed E-state index contributed by atoms with van der Waals surface area (Å²) in [5, 5.41) is 0. The van der Waals surface area contributed by atoms with E-state index in [2.05, 4.69) is 24.3 Å². The van der Waals surface area contributed by atoms with E-state index in [4.69, 9.17) is 11.6 Å². The third-order valence-corrected chi connectivity index (χ3v) is 7.26. The highest BCUT2D eigenvalue weighted by Gasteiger charge is 2.52. The van der Waals surface area contributed by atoms with Crippen LogP contribution in [0.2, 0.25) is 0 Å². The molecular weight excluding hydrogens is 347 g/mol. The zero-order valence-corrected chi connectivity index (χ0v) is 16.0. The Balaban J connectivity index is 1.62. The Labute approximate surface area is 161 Å². The van der Waals surface area contributed by atoms with Crippen molar-refractivity contribution in [2.75, 3.05) is 45.3 Å². The van der Waals surface area contributed by atoms with Gasteiger partial charge in [-0.1, -0.05) is 72.3 Å². The zero-order chi connectivity index (χ0) is 18.0. The Morgan fingerprint density at radius 1 is 0.769 bits per heavy atom. The normalized spacial score (nSPS) is 30.1. The third kappa shape index (κ3) is 3.28. The number of halogens is 2. The third-order valence-electron chi connectivity index (χ3n) is 6.75. The van der Waals surface area contributed by atoms with E-state index in [9.17, 15) is 0 Å². The molecule has 3 heterocycles. The molecule has 0 radical (unpaired) electrons. The molecule has 0 saturated carbocycles.